The maximum absolute atomic E-state index is 12.6. The second-order valence-corrected chi connectivity index (χ2v) is 25.0. The maximum atomic E-state index is 12.6. The Hall–Kier alpha value is -1.74. The fourth-order valence-electron chi connectivity index (χ4n) is 17.0. The molecule has 9 rings (SSSR count). The summed E-state index contributed by atoms with van der Waals surface area (Å²) in [5, 5.41) is 108. The van der Waals surface area contributed by atoms with Crippen molar-refractivity contribution in [3.63, 3.8) is 0 Å². The minimum absolute atomic E-state index is 0.0319. The smallest absolute Gasteiger partial charge is 0.303 e. The molecule has 0 radical (unpaired) electrons. The molecular weight excluding hydrogens is 949 g/mol. The highest BCUT2D eigenvalue weighted by Crippen LogP contribution is 2.89. The van der Waals surface area contributed by atoms with Gasteiger partial charge in [-0.3, -0.25) is 9.59 Å². The molecule has 0 bridgehead atoms. The summed E-state index contributed by atoms with van der Waals surface area (Å²) in [4.78, 5) is 24.6. The number of aliphatic hydroxyl groups excluding tert-OH is 10. The molecule has 21 heteroatoms. The molecule has 21 nitrogen and oxygen atoms in total. The fourth-order valence-corrected chi connectivity index (χ4v) is 17.0. The van der Waals surface area contributed by atoms with E-state index in [1.807, 2.05) is 6.92 Å². The first kappa shape index (κ1) is 55.0. The number of esters is 2. The molecule has 26 unspecified atom stereocenters. The van der Waals surface area contributed by atoms with Crippen molar-refractivity contribution in [2.45, 2.75) is 242 Å². The third-order valence-corrected chi connectivity index (χ3v) is 20.4. The average Bonchev–Trinajstić information content (AvgIpc) is 3.67. The number of fused-ring (bicyclic) bond motifs is 2. The fraction of sp³-hybridized carbons (Fsp3) is 0.961. The monoisotopic (exact) mass is 1030 g/mol. The van der Waals surface area contributed by atoms with Gasteiger partial charge in [0.25, 0.3) is 0 Å². The van der Waals surface area contributed by atoms with Crippen molar-refractivity contribution in [1.29, 1.82) is 0 Å². The number of rotatable bonds is 12. The Balaban J connectivity index is 1.01. The van der Waals surface area contributed by atoms with Crippen LogP contribution in [0.4, 0.5) is 0 Å². The van der Waals surface area contributed by atoms with Crippen LogP contribution in [0.25, 0.3) is 0 Å². The van der Waals surface area contributed by atoms with Crippen molar-refractivity contribution in [1.82, 2.24) is 0 Å². The molecule has 4 saturated heterocycles. The van der Waals surface area contributed by atoms with Crippen LogP contribution in [0, 0.1) is 44.8 Å². The van der Waals surface area contributed by atoms with Crippen molar-refractivity contribution in [2.75, 3.05) is 19.8 Å². The summed E-state index contributed by atoms with van der Waals surface area (Å²) in [5.41, 5.74) is -4.19. The van der Waals surface area contributed by atoms with Crippen LogP contribution in [0.5, 0.6) is 0 Å². The molecule has 72 heavy (non-hydrogen) atoms. The number of aliphatic hydroxyl groups is 10. The van der Waals surface area contributed by atoms with Gasteiger partial charge in [0.2, 0.25) is 0 Å². The van der Waals surface area contributed by atoms with Crippen LogP contribution in [0.3, 0.4) is 0 Å². The van der Waals surface area contributed by atoms with Gasteiger partial charge in [-0.05, 0) is 117 Å². The molecule has 5 saturated carbocycles. The SMILES string of the molecule is CC(=O)OC1C(O)COC(OC2CCC34CC35CCC3(C)C(C6(C)CCC(C(C)(C)OC7OC(CO)C(O)C(O)C7O)O6)C(O)CC3(C)C5CC(OC3OC(CO)C(O)C(O)C3O)C4C2(C)C)C1OC(C)=O. The van der Waals surface area contributed by atoms with E-state index in [2.05, 4.69) is 27.7 Å². The number of carbonyl (C=O) groups excluding carboxylic acids is 2. The van der Waals surface area contributed by atoms with Crippen LogP contribution in [-0.2, 0) is 52.2 Å². The molecule has 0 aromatic heterocycles. The normalized spacial score (nSPS) is 53.9. The first-order valence-electron chi connectivity index (χ1n) is 26.2. The van der Waals surface area contributed by atoms with Crippen LogP contribution < -0.4 is 0 Å². The van der Waals surface area contributed by atoms with E-state index in [4.69, 9.17) is 42.6 Å². The summed E-state index contributed by atoms with van der Waals surface area (Å²) in [6.07, 6.45) is -16.7. The van der Waals surface area contributed by atoms with E-state index in [1.54, 1.807) is 13.8 Å². The van der Waals surface area contributed by atoms with Crippen LogP contribution in [0.2, 0.25) is 0 Å². The third kappa shape index (κ3) is 8.44. The summed E-state index contributed by atoms with van der Waals surface area (Å²) in [7, 11) is 0. The lowest BCUT2D eigenvalue weighted by Gasteiger charge is -2.65. The highest BCUT2D eigenvalue weighted by Gasteiger charge is 2.85. The standard InChI is InChI=1S/C51H82O21/c1-22(54)65-38-25(57)20-64-44(39(38)66-23(2)55)70-30-11-13-51-21-50(51)15-14-47(7)40(49(9)12-10-31(71-49)46(5,6)72-43-37(63)35(61)33(59)28(19-53)69-43)24(56)17-48(47,8)29(50)16-26(41(51)45(30,3)4)67-42-36(62)34(60)32(58)27(18-52)68-42/h24-44,52-53,56-63H,10-21H2,1-9H3. The lowest BCUT2D eigenvalue weighted by atomic mass is 9.41. The van der Waals surface area contributed by atoms with Crippen LogP contribution >= 0.6 is 0 Å². The summed E-state index contributed by atoms with van der Waals surface area (Å²) < 4.78 is 56.1. The zero-order chi connectivity index (χ0) is 52.6. The van der Waals surface area contributed by atoms with E-state index in [9.17, 15) is 60.7 Å². The number of hydrogen-bond donors (Lipinski definition) is 10. The predicted molar refractivity (Wildman–Crippen MR) is 245 cm³/mol. The van der Waals surface area contributed by atoms with Crippen molar-refractivity contribution < 1.29 is 103 Å². The molecule has 4 heterocycles. The maximum Gasteiger partial charge on any atom is 0.303 e. The number of ether oxygens (including phenoxy) is 9. The highest BCUT2D eigenvalue weighted by atomic mass is 16.7. The van der Waals surface area contributed by atoms with Gasteiger partial charge in [-0.2, -0.15) is 0 Å². The Kier molecular flexibility index (Phi) is 14.5. The van der Waals surface area contributed by atoms with E-state index in [0.717, 1.165) is 19.3 Å². The number of hydrogen-bond acceptors (Lipinski definition) is 21. The van der Waals surface area contributed by atoms with Crippen LogP contribution in [0.1, 0.15) is 120 Å². The Morgan fingerprint density at radius 2 is 1.24 bits per heavy atom. The summed E-state index contributed by atoms with van der Waals surface area (Å²) in [5.74, 6) is -2.03. The second kappa shape index (κ2) is 19.0. The van der Waals surface area contributed by atoms with E-state index >= 15 is 0 Å². The molecule has 0 amide bonds. The second-order valence-electron chi connectivity index (χ2n) is 25.0. The zero-order valence-corrected chi connectivity index (χ0v) is 43.1. The van der Waals surface area contributed by atoms with E-state index in [1.165, 1.54) is 13.8 Å². The average molecular weight is 1030 g/mol. The minimum atomic E-state index is -1.68. The Morgan fingerprint density at radius 3 is 1.85 bits per heavy atom. The molecule has 412 valence electrons. The molecule has 10 N–H and O–H groups in total. The largest absolute Gasteiger partial charge is 0.455 e. The van der Waals surface area contributed by atoms with Crippen molar-refractivity contribution >= 4 is 11.9 Å². The van der Waals surface area contributed by atoms with Crippen molar-refractivity contribution in [3.05, 3.63) is 0 Å². The lowest BCUT2D eigenvalue weighted by Crippen LogP contribution is -2.65. The van der Waals surface area contributed by atoms with Gasteiger partial charge in [-0.15, -0.1) is 0 Å². The molecule has 9 aliphatic rings. The predicted octanol–water partition coefficient (Wildman–Crippen LogP) is -0.310. The Morgan fingerprint density at radius 1 is 0.639 bits per heavy atom. The van der Waals surface area contributed by atoms with E-state index < -0.39 is 163 Å². The van der Waals surface area contributed by atoms with E-state index in [-0.39, 0.29) is 35.2 Å². The van der Waals surface area contributed by atoms with Gasteiger partial charge in [0.15, 0.2) is 31.1 Å². The first-order chi connectivity index (χ1) is 33.6. The summed E-state index contributed by atoms with van der Waals surface area (Å²) >= 11 is 0. The highest BCUT2D eigenvalue weighted by molar-refractivity contribution is 5.67. The molecule has 5 aliphatic carbocycles. The van der Waals surface area contributed by atoms with Gasteiger partial charge in [0.05, 0.1) is 55.4 Å². The molecule has 26 atom stereocenters. The molecule has 4 aliphatic heterocycles. The molecule has 2 spiro atoms. The summed E-state index contributed by atoms with van der Waals surface area (Å²) in [6.45, 7) is 15.3. The third-order valence-electron chi connectivity index (χ3n) is 20.4. The zero-order valence-electron chi connectivity index (χ0n) is 43.1. The van der Waals surface area contributed by atoms with Crippen molar-refractivity contribution in [2.24, 2.45) is 44.8 Å². The first-order valence-corrected chi connectivity index (χ1v) is 26.2. The summed E-state index contributed by atoms with van der Waals surface area (Å²) in [6, 6.07) is 0. The molecular formula is C51H82O21. The molecule has 0 aromatic carbocycles. The van der Waals surface area contributed by atoms with Gasteiger partial charge in [-0.25, -0.2) is 0 Å². The van der Waals surface area contributed by atoms with Gasteiger partial charge in [0.1, 0.15) is 54.9 Å². The van der Waals surface area contributed by atoms with Gasteiger partial charge in [0, 0.05) is 19.8 Å². The quantitative estimate of drug-likeness (QED) is 0.0886. The number of carbonyl (C=O) groups is 2. The molecule has 0 aromatic rings. The topological polar surface area (TPSA) is 320 Å². The Labute approximate surface area is 420 Å². The van der Waals surface area contributed by atoms with Crippen LogP contribution in [0.15, 0.2) is 0 Å². The minimum Gasteiger partial charge on any atom is -0.455 e. The van der Waals surface area contributed by atoms with Crippen LogP contribution in [-0.4, -0.2) is 204 Å². The van der Waals surface area contributed by atoms with E-state index in [0.29, 0.717) is 38.5 Å². The van der Waals surface area contributed by atoms with Gasteiger partial charge < -0.3 is 93.7 Å². The molecule has 9 fully saturated rings. The van der Waals surface area contributed by atoms with Gasteiger partial charge in [-0.1, -0.05) is 27.7 Å². The Bertz CT molecular complexity index is 2000. The van der Waals surface area contributed by atoms with Crippen molar-refractivity contribution in [3.8, 4) is 0 Å². The lowest BCUT2D eigenvalue weighted by molar-refractivity contribution is -0.339. The van der Waals surface area contributed by atoms with Gasteiger partial charge >= 0.3 is 11.9 Å².